The van der Waals surface area contributed by atoms with E-state index in [0.29, 0.717) is 0 Å². The molecule has 0 aromatic carbocycles. The smallest absolute Gasteiger partial charge is 0.180 e. The van der Waals surface area contributed by atoms with Crippen LogP contribution in [0.4, 0.5) is 0 Å². The molecule has 0 spiro atoms. The van der Waals surface area contributed by atoms with E-state index in [1.807, 2.05) is 0 Å². The molecule has 2 atom stereocenters. The molecule has 3 heteroatoms. The Morgan fingerprint density at radius 3 is 2.45 bits per heavy atom. The Labute approximate surface area is 70.6 Å². The lowest BCUT2D eigenvalue weighted by molar-refractivity contribution is 0.196. The summed E-state index contributed by atoms with van der Waals surface area (Å²) in [6.45, 7) is 4.29. The molecule has 0 N–H and O–H groups in total. The predicted molar refractivity (Wildman–Crippen MR) is 49.7 cm³/mol. The Morgan fingerprint density at radius 1 is 1.27 bits per heavy atom. The molecular formula is C8H19O2P. The van der Waals surface area contributed by atoms with Crippen LogP contribution in [0.3, 0.4) is 0 Å². The molecule has 0 heterocycles. The summed E-state index contributed by atoms with van der Waals surface area (Å²) in [7, 11) is -1.01. The van der Waals surface area contributed by atoms with Crippen molar-refractivity contribution in [1.82, 2.24) is 0 Å². The lowest BCUT2D eigenvalue weighted by Crippen LogP contribution is -2.06. The lowest BCUT2D eigenvalue weighted by atomic mass is 10.1. The van der Waals surface area contributed by atoms with Crippen LogP contribution in [0.1, 0.15) is 46.0 Å². The Bertz CT molecular complexity index is 96.1. The SMILES string of the molecule is CCCCC(CCC)O[PH2]=O. The Hall–Kier alpha value is 0.190. The molecule has 0 radical (unpaired) electrons. The number of hydrogen-bond acceptors (Lipinski definition) is 2. The van der Waals surface area contributed by atoms with Gasteiger partial charge in [-0.15, -0.1) is 0 Å². The summed E-state index contributed by atoms with van der Waals surface area (Å²) in [5, 5.41) is 0. The molecule has 0 fully saturated rings. The average Bonchev–Trinajstić information content (AvgIpc) is 2.01. The number of unbranched alkanes of at least 4 members (excludes halogenated alkanes) is 1. The van der Waals surface area contributed by atoms with Crippen molar-refractivity contribution in [3.63, 3.8) is 0 Å². The van der Waals surface area contributed by atoms with Crippen LogP contribution < -0.4 is 0 Å². The van der Waals surface area contributed by atoms with Gasteiger partial charge in [-0.25, -0.2) is 0 Å². The molecule has 0 bridgehead atoms. The van der Waals surface area contributed by atoms with Gasteiger partial charge in [0.1, 0.15) is 0 Å². The third-order valence-electron chi connectivity index (χ3n) is 1.74. The van der Waals surface area contributed by atoms with Crippen LogP contribution >= 0.6 is 8.69 Å². The highest BCUT2D eigenvalue weighted by Crippen LogP contribution is 2.15. The molecular weight excluding hydrogens is 159 g/mol. The van der Waals surface area contributed by atoms with Crippen LogP contribution in [0.2, 0.25) is 0 Å². The van der Waals surface area contributed by atoms with E-state index >= 15 is 0 Å². The summed E-state index contributed by atoms with van der Waals surface area (Å²) >= 11 is 0. The van der Waals surface area contributed by atoms with Gasteiger partial charge >= 0.3 is 0 Å². The molecule has 0 amide bonds. The van der Waals surface area contributed by atoms with Crippen LogP contribution in [0.15, 0.2) is 0 Å². The van der Waals surface area contributed by atoms with Crippen LogP contribution in [-0.4, -0.2) is 6.10 Å². The molecule has 0 saturated heterocycles. The van der Waals surface area contributed by atoms with Crippen molar-refractivity contribution >= 4 is 8.69 Å². The largest absolute Gasteiger partial charge is 0.329 e. The standard InChI is InChI=1S/C8H19O2P/c1-3-5-7-8(6-4-2)10-11-9/h8H,3-7,11H2,1-2H3. The van der Waals surface area contributed by atoms with E-state index in [4.69, 9.17) is 4.52 Å². The van der Waals surface area contributed by atoms with Crippen LogP contribution in [-0.2, 0) is 9.09 Å². The van der Waals surface area contributed by atoms with Crippen molar-refractivity contribution in [3.05, 3.63) is 0 Å². The first-order valence-electron chi connectivity index (χ1n) is 4.44. The predicted octanol–water partition coefficient (Wildman–Crippen LogP) is 3.03. The van der Waals surface area contributed by atoms with Gasteiger partial charge in [-0.2, -0.15) is 0 Å². The van der Waals surface area contributed by atoms with Crippen molar-refractivity contribution in [1.29, 1.82) is 0 Å². The molecule has 0 rings (SSSR count). The molecule has 0 saturated carbocycles. The maximum Gasteiger partial charge on any atom is 0.180 e. The Balaban J connectivity index is 3.41. The quantitative estimate of drug-likeness (QED) is 0.560. The normalized spacial score (nSPS) is 14.4. The minimum atomic E-state index is -1.01. The third kappa shape index (κ3) is 6.58. The first-order valence-corrected chi connectivity index (χ1v) is 5.38. The summed E-state index contributed by atoms with van der Waals surface area (Å²) in [6.07, 6.45) is 5.87. The fraction of sp³-hybridized carbons (Fsp3) is 1.00. The van der Waals surface area contributed by atoms with Gasteiger partial charge in [0, 0.05) is 0 Å². The highest BCUT2D eigenvalue weighted by Gasteiger charge is 2.05. The van der Waals surface area contributed by atoms with Crippen LogP contribution in [0.25, 0.3) is 0 Å². The molecule has 0 aromatic rings. The first-order chi connectivity index (χ1) is 5.35. The summed E-state index contributed by atoms with van der Waals surface area (Å²) in [5.74, 6) is 0. The van der Waals surface area contributed by atoms with Gasteiger partial charge in [0.25, 0.3) is 0 Å². The second-order valence-electron chi connectivity index (χ2n) is 2.79. The molecule has 68 valence electrons. The summed E-state index contributed by atoms with van der Waals surface area (Å²) < 4.78 is 15.4. The number of hydrogen-bond donors (Lipinski definition) is 0. The highest BCUT2D eigenvalue weighted by atomic mass is 31.1. The fourth-order valence-corrected chi connectivity index (χ4v) is 1.54. The lowest BCUT2D eigenvalue weighted by Gasteiger charge is -2.12. The summed E-state index contributed by atoms with van der Waals surface area (Å²) in [6, 6.07) is 0. The molecule has 2 unspecified atom stereocenters. The molecule has 0 aliphatic heterocycles. The topological polar surface area (TPSA) is 26.3 Å². The molecule has 11 heavy (non-hydrogen) atoms. The van der Waals surface area contributed by atoms with E-state index in [2.05, 4.69) is 13.8 Å². The second-order valence-corrected chi connectivity index (χ2v) is 3.25. The maximum atomic E-state index is 10.2. The fourth-order valence-electron chi connectivity index (χ4n) is 1.11. The zero-order valence-electron chi connectivity index (χ0n) is 7.51. The van der Waals surface area contributed by atoms with Gasteiger partial charge in [-0.05, 0) is 12.8 Å². The van der Waals surface area contributed by atoms with E-state index in [9.17, 15) is 4.57 Å². The third-order valence-corrected chi connectivity index (χ3v) is 2.23. The van der Waals surface area contributed by atoms with Gasteiger partial charge in [0.2, 0.25) is 0 Å². The van der Waals surface area contributed by atoms with Crippen molar-refractivity contribution < 1.29 is 9.09 Å². The van der Waals surface area contributed by atoms with Crippen LogP contribution in [0.5, 0.6) is 0 Å². The zero-order valence-corrected chi connectivity index (χ0v) is 8.66. The van der Waals surface area contributed by atoms with E-state index < -0.39 is 8.69 Å². The molecule has 0 aliphatic rings. The Kier molecular flexibility index (Phi) is 8.43. The van der Waals surface area contributed by atoms with Gasteiger partial charge in [-0.3, -0.25) is 4.57 Å². The molecule has 2 nitrogen and oxygen atoms in total. The van der Waals surface area contributed by atoms with E-state index in [-0.39, 0.29) is 6.10 Å². The van der Waals surface area contributed by atoms with Crippen molar-refractivity contribution in [2.24, 2.45) is 0 Å². The number of rotatable bonds is 7. The van der Waals surface area contributed by atoms with Gasteiger partial charge in [0.05, 0.1) is 6.10 Å². The van der Waals surface area contributed by atoms with E-state index in [1.54, 1.807) is 0 Å². The summed E-state index contributed by atoms with van der Waals surface area (Å²) in [4.78, 5) is 0. The Morgan fingerprint density at radius 2 is 2.00 bits per heavy atom. The van der Waals surface area contributed by atoms with E-state index in [1.165, 1.54) is 12.8 Å². The first kappa shape index (κ1) is 11.2. The van der Waals surface area contributed by atoms with Crippen molar-refractivity contribution in [3.8, 4) is 0 Å². The van der Waals surface area contributed by atoms with Gasteiger partial charge in [-0.1, -0.05) is 33.1 Å². The van der Waals surface area contributed by atoms with Gasteiger partial charge in [0.15, 0.2) is 8.69 Å². The second kappa shape index (κ2) is 8.29. The average molecular weight is 178 g/mol. The maximum absolute atomic E-state index is 10.2. The van der Waals surface area contributed by atoms with Crippen molar-refractivity contribution in [2.45, 2.75) is 52.1 Å². The summed E-state index contributed by atoms with van der Waals surface area (Å²) in [5.41, 5.74) is 0. The van der Waals surface area contributed by atoms with Crippen molar-refractivity contribution in [2.75, 3.05) is 0 Å². The monoisotopic (exact) mass is 178 g/mol. The minimum absolute atomic E-state index is 0.257. The molecule has 0 aromatic heterocycles. The molecule has 0 aliphatic carbocycles. The zero-order chi connectivity index (χ0) is 8.53. The minimum Gasteiger partial charge on any atom is -0.329 e. The highest BCUT2D eigenvalue weighted by molar-refractivity contribution is 7.17. The van der Waals surface area contributed by atoms with Crippen LogP contribution in [0, 0.1) is 0 Å². The van der Waals surface area contributed by atoms with Gasteiger partial charge < -0.3 is 4.52 Å². The van der Waals surface area contributed by atoms with E-state index in [0.717, 1.165) is 19.3 Å².